The fourth-order valence-electron chi connectivity index (χ4n) is 3.34. The van der Waals surface area contributed by atoms with E-state index in [1.54, 1.807) is 42.2 Å². The van der Waals surface area contributed by atoms with Gasteiger partial charge < -0.3 is 15.0 Å². The second-order valence-corrected chi connectivity index (χ2v) is 6.82. The summed E-state index contributed by atoms with van der Waals surface area (Å²) in [7, 11) is 1.56. The van der Waals surface area contributed by atoms with Crippen molar-refractivity contribution in [2.24, 2.45) is 7.05 Å². The van der Waals surface area contributed by atoms with Crippen LogP contribution < -0.4 is 10.9 Å². The molecule has 4 aromatic rings. The van der Waals surface area contributed by atoms with Crippen molar-refractivity contribution in [3.63, 3.8) is 0 Å². The molecule has 0 aliphatic heterocycles. The van der Waals surface area contributed by atoms with E-state index in [-0.39, 0.29) is 12.1 Å². The third-order valence-corrected chi connectivity index (χ3v) is 4.83. The van der Waals surface area contributed by atoms with Crippen LogP contribution in [0.2, 0.25) is 0 Å². The molecule has 2 aromatic heterocycles. The van der Waals surface area contributed by atoms with Crippen LogP contribution in [-0.4, -0.2) is 25.4 Å². The van der Waals surface area contributed by atoms with Crippen molar-refractivity contribution in [1.29, 1.82) is 0 Å². The van der Waals surface area contributed by atoms with Crippen LogP contribution in [0.5, 0.6) is 5.75 Å². The van der Waals surface area contributed by atoms with Crippen molar-refractivity contribution in [3.8, 4) is 5.75 Å². The van der Waals surface area contributed by atoms with Crippen LogP contribution in [0.15, 0.2) is 71.8 Å². The Morgan fingerprint density at radius 2 is 1.79 bits per heavy atom. The number of hydrogen-bond donors (Lipinski definition) is 2. The number of carbonyl (C=O) groups excluding carboxylic acids is 1. The van der Waals surface area contributed by atoms with Crippen molar-refractivity contribution in [2.45, 2.75) is 13.1 Å². The minimum atomic E-state index is -0.607. The molecule has 0 saturated heterocycles. The largest absolute Gasteiger partial charge is 0.502 e. The predicted molar refractivity (Wildman–Crippen MR) is 110 cm³/mol. The number of benzene rings is 2. The predicted octanol–water partition coefficient (Wildman–Crippen LogP) is 2.42. The number of carbonyl (C=O) groups is 1. The molecule has 0 aliphatic rings. The summed E-state index contributed by atoms with van der Waals surface area (Å²) < 4.78 is 3.12. The standard InChI is InChI=1S/C22H20N4O3/c1-25-18-10-6-5-9-17(18)19(20(27)22(25)29)21(28)23-11-16-12-24-26(14-16)13-15-7-3-2-4-8-15/h2-10,12,14,27H,11,13H2,1H3,(H,23,28). The third-order valence-electron chi connectivity index (χ3n) is 4.83. The number of aryl methyl sites for hydroxylation is 1. The summed E-state index contributed by atoms with van der Waals surface area (Å²) in [4.78, 5) is 25.0. The molecule has 7 heteroatoms. The van der Waals surface area contributed by atoms with Gasteiger partial charge in [0.2, 0.25) is 0 Å². The molecule has 0 spiro atoms. The van der Waals surface area contributed by atoms with Crippen LogP contribution in [-0.2, 0) is 20.1 Å². The molecule has 4 rings (SSSR count). The summed E-state index contributed by atoms with van der Waals surface area (Å²) in [5.41, 5.74) is 1.91. The SMILES string of the molecule is Cn1c(=O)c(O)c(C(=O)NCc2cnn(Cc3ccccc3)c2)c2ccccc21. The van der Waals surface area contributed by atoms with Gasteiger partial charge in [0.25, 0.3) is 11.5 Å². The Bertz CT molecular complexity index is 1240. The molecule has 0 radical (unpaired) electrons. The molecular weight excluding hydrogens is 368 g/mol. The monoisotopic (exact) mass is 388 g/mol. The van der Waals surface area contributed by atoms with Crippen molar-refractivity contribution in [2.75, 3.05) is 0 Å². The Morgan fingerprint density at radius 3 is 2.59 bits per heavy atom. The van der Waals surface area contributed by atoms with Crippen LogP contribution in [0, 0.1) is 0 Å². The van der Waals surface area contributed by atoms with Gasteiger partial charge in [0, 0.05) is 30.7 Å². The van der Waals surface area contributed by atoms with E-state index in [4.69, 9.17) is 0 Å². The average Bonchev–Trinajstić information content (AvgIpc) is 3.19. The maximum Gasteiger partial charge on any atom is 0.293 e. The van der Waals surface area contributed by atoms with Gasteiger partial charge in [-0.3, -0.25) is 14.3 Å². The Hall–Kier alpha value is -3.87. The number of fused-ring (bicyclic) bond motifs is 1. The van der Waals surface area contributed by atoms with Crippen LogP contribution in [0.25, 0.3) is 10.9 Å². The molecule has 0 unspecified atom stereocenters. The first kappa shape index (κ1) is 18.5. The fourth-order valence-corrected chi connectivity index (χ4v) is 3.34. The van der Waals surface area contributed by atoms with E-state index in [0.717, 1.165) is 11.1 Å². The maximum absolute atomic E-state index is 12.8. The van der Waals surface area contributed by atoms with E-state index < -0.39 is 17.2 Å². The number of rotatable bonds is 5. The third kappa shape index (κ3) is 3.62. The van der Waals surface area contributed by atoms with Gasteiger partial charge in [0.05, 0.1) is 23.8 Å². The zero-order valence-electron chi connectivity index (χ0n) is 15.9. The van der Waals surface area contributed by atoms with E-state index in [0.29, 0.717) is 17.4 Å². The molecular formula is C22H20N4O3. The van der Waals surface area contributed by atoms with Crippen molar-refractivity contribution in [3.05, 3.63) is 94.0 Å². The zero-order chi connectivity index (χ0) is 20.4. The van der Waals surface area contributed by atoms with Crippen LogP contribution in [0.4, 0.5) is 0 Å². The second kappa shape index (κ2) is 7.63. The molecule has 0 fully saturated rings. The lowest BCUT2D eigenvalue weighted by atomic mass is 10.1. The number of amides is 1. The molecule has 0 bridgehead atoms. The highest BCUT2D eigenvalue weighted by Crippen LogP contribution is 2.23. The van der Waals surface area contributed by atoms with Crippen LogP contribution in [0.1, 0.15) is 21.5 Å². The van der Waals surface area contributed by atoms with E-state index in [2.05, 4.69) is 10.4 Å². The van der Waals surface area contributed by atoms with Gasteiger partial charge in [0.1, 0.15) is 0 Å². The quantitative estimate of drug-likeness (QED) is 0.550. The van der Waals surface area contributed by atoms with E-state index in [9.17, 15) is 14.7 Å². The van der Waals surface area contributed by atoms with Gasteiger partial charge >= 0.3 is 0 Å². The number of aromatic hydroxyl groups is 1. The van der Waals surface area contributed by atoms with Gasteiger partial charge in [-0.15, -0.1) is 0 Å². The molecule has 29 heavy (non-hydrogen) atoms. The first-order chi connectivity index (χ1) is 14.0. The molecule has 0 aliphatic carbocycles. The number of para-hydroxylation sites is 1. The average molecular weight is 388 g/mol. The first-order valence-electron chi connectivity index (χ1n) is 9.18. The summed E-state index contributed by atoms with van der Waals surface area (Å²) in [5, 5.41) is 17.9. The summed E-state index contributed by atoms with van der Waals surface area (Å²) in [5.74, 6) is -1.06. The summed E-state index contributed by atoms with van der Waals surface area (Å²) in [6, 6.07) is 16.9. The summed E-state index contributed by atoms with van der Waals surface area (Å²) in [6.45, 7) is 0.867. The number of hydrogen-bond acceptors (Lipinski definition) is 4. The number of pyridine rings is 1. The Kier molecular flexibility index (Phi) is 4.87. The molecule has 146 valence electrons. The molecule has 7 nitrogen and oxygen atoms in total. The maximum atomic E-state index is 12.8. The van der Waals surface area contributed by atoms with E-state index in [1.807, 2.05) is 36.5 Å². The van der Waals surface area contributed by atoms with Crippen LogP contribution in [0.3, 0.4) is 0 Å². The summed E-state index contributed by atoms with van der Waals surface area (Å²) >= 11 is 0. The topological polar surface area (TPSA) is 89.2 Å². The molecule has 0 saturated carbocycles. The zero-order valence-corrected chi connectivity index (χ0v) is 15.9. The molecule has 2 heterocycles. The molecule has 2 aromatic carbocycles. The minimum Gasteiger partial charge on any atom is -0.502 e. The Balaban J connectivity index is 1.53. The first-order valence-corrected chi connectivity index (χ1v) is 9.18. The molecule has 2 N–H and O–H groups in total. The fraction of sp³-hybridized carbons (Fsp3) is 0.136. The van der Waals surface area contributed by atoms with Crippen molar-refractivity contribution < 1.29 is 9.90 Å². The highest BCUT2D eigenvalue weighted by molar-refractivity contribution is 6.08. The lowest BCUT2D eigenvalue weighted by Crippen LogP contribution is -2.27. The van der Waals surface area contributed by atoms with Gasteiger partial charge in [-0.05, 0) is 11.6 Å². The minimum absolute atomic E-state index is 0.0135. The smallest absolute Gasteiger partial charge is 0.293 e. The Morgan fingerprint density at radius 1 is 1.07 bits per heavy atom. The number of nitrogens with one attached hydrogen (secondary N) is 1. The van der Waals surface area contributed by atoms with E-state index in [1.165, 1.54) is 4.57 Å². The van der Waals surface area contributed by atoms with Gasteiger partial charge in [-0.25, -0.2) is 0 Å². The van der Waals surface area contributed by atoms with Gasteiger partial charge in [-0.2, -0.15) is 5.10 Å². The van der Waals surface area contributed by atoms with Gasteiger partial charge in [0.15, 0.2) is 5.75 Å². The Labute approximate surface area is 166 Å². The van der Waals surface area contributed by atoms with Gasteiger partial charge in [-0.1, -0.05) is 48.5 Å². The highest BCUT2D eigenvalue weighted by Gasteiger charge is 2.20. The lowest BCUT2D eigenvalue weighted by molar-refractivity contribution is 0.0949. The van der Waals surface area contributed by atoms with Crippen LogP contribution >= 0.6 is 0 Å². The highest BCUT2D eigenvalue weighted by atomic mass is 16.3. The van der Waals surface area contributed by atoms with Crippen molar-refractivity contribution >= 4 is 16.8 Å². The van der Waals surface area contributed by atoms with Crippen molar-refractivity contribution in [1.82, 2.24) is 19.7 Å². The molecule has 0 atom stereocenters. The normalized spacial score (nSPS) is 10.9. The summed E-state index contributed by atoms with van der Waals surface area (Å²) in [6.07, 6.45) is 3.54. The molecule has 1 amide bonds. The number of nitrogens with zero attached hydrogens (tertiary/aromatic N) is 3. The van der Waals surface area contributed by atoms with E-state index >= 15 is 0 Å². The number of aromatic nitrogens is 3. The second-order valence-electron chi connectivity index (χ2n) is 6.82. The lowest BCUT2D eigenvalue weighted by Gasteiger charge is -2.12.